The zero-order chi connectivity index (χ0) is 9.26. The van der Waals surface area contributed by atoms with Crippen LogP contribution in [-0.2, 0) is 0 Å². The molecule has 70 valence electrons. The Bertz CT molecular complexity index is 320. The molecule has 0 aliphatic heterocycles. The maximum absolute atomic E-state index is 11.4. The fraction of sp³-hybridized carbons (Fsp3) is 0.571. The monoisotopic (exact) mass is 198 g/mol. The molecule has 1 saturated carbocycles. The Kier molecular flexibility index (Phi) is 2.13. The molecule has 0 bridgehead atoms. The van der Waals surface area contributed by atoms with E-state index in [4.69, 9.17) is 5.73 Å². The number of nitrogens with zero attached hydrogens (tertiary/aromatic N) is 2. The molecule has 5 nitrogen and oxygen atoms in total. The summed E-state index contributed by atoms with van der Waals surface area (Å²) >= 11 is 1.04. The molecule has 0 spiro atoms. The molecule has 3 N–H and O–H groups in total. The standard InChI is InChI=1S/C7H10N4OS/c8-6-5(10-11-13-6)7(12)9-3-4-1-2-4/h4H,1-3,8H2,(H,9,12). The number of carbonyl (C=O) groups is 1. The number of hydrogen-bond acceptors (Lipinski definition) is 5. The maximum Gasteiger partial charge on any atom is 0.274 e. The van der Waals surface area contributed by atoms with E-state index < -0.39 is 0 Å². The second-order valence-electron chi connectivity index (χ2n) is 3.14. The van der Waals surface area contributed by atoms with Gasteiger partial charge in [0.25, 0.3) is 5.91 Å². The van der Waals surface area contributed by atoms with Crippen LogP contribution in [0.4, 0.5) is 5.00 Å². The molecule has 1 heterocycles. The first kappa shape index (κ1) is 8.43. The summed E-state index contributed by atoms with van der Waals surface area (Å²) in [6.45, 7) is 0.732. The Labute approximate surface area is 79.5 Å². The van der Waals surface area contributed by atoms with E-state index in [1.807, 2.05) is 0 Å². The molecule has 1 amide bonds. The van der Waals surface area contributed by atoms with E-state index in [1.165, 1.54) is 12.8 Å². The molecule has 2 rings (SSSR count). The van der Waals surface area contributed by atoms with Crippen molar-refractivity contribution in [2.24, 2.45) is 5.92 Å². The van der Waals surface area contributed by atoms with Crippen molar-refractivity contribution >= 4 is 22.4 Å². The van der Waals surface area contributed by atoms with Crippen LogP contribution in [0.5, 0.6) is 0 Å². The van der Waals surface area contributed by atoms with E-state index in [0.717, 1.165) is 18.1 Å². The highest BCUT2D eigenvalue weighted by Crippen LogP contribution is 2.27. The Morgan fingerprint density at radius 3 is 3.00 bits per heavy atom. The molecule has 0 unspecified atom stereocenters. The van der Waals surface area contributed by atoms with Gasteiger partial charge in [-0.3, -0.25) is 4.79 Å². The van der Waals surface area contributed by atoms with Gasteiger partial charge >= 0.3 is 0 Å². The summed E-state index contributed by atoms with van der Waals surface area (Å²) in [4.78, 5) is 11.4. The number of rotatable bonds is 3. The van der Waals surface area contributed by atoms with Crippen LogP contribution in [-0.4, -0.2) is 22.0 Å². The zero-order valence-electron chi connectivity index (χ0n) is 6.99. The van der Waals surface area contributed by atoms with Gasteiger partial charge in [0, 0.05) is 18.1 Å². The molecule has 0 radical (unpaired) electrons. The number of aromatic nitrogens is 2. The fourth-order valence-corrected chi connectivity index (χ4v) is 1.43. The lowest BCUT2D eigenvalue weighted by Gasteiger charge is -2.00. The van der Waals surface area contributed by atoms with Crippen LogP contribution in [0.1, 0.15) is 23.3 Å². The first-order valence-electron chi connectivity index (χ1n) is 4.13. The molecule has 1 aliphatic carbocycles. The van der Waals surface area contributed by atoms with E-state index in [2.05, 4.69) is 14.9 Å². The summed E-state index contributed by atoms with van der Waals surface area (Å²) in [6, 6.07) is 0. The van der Waals surface area contributed by atoms with E-state index in [-0.39, 0.29) is 11.6 Å². The number of nitrogen functional groups attached to an aromatic ring is 1. The average molecular weight is 198 g/mol. The predicted octanol–water partition coefficient (Wildman–Crippen LogP) is 0.260. The van der Waals surface area contributed by atoms with Gasteiger partial charge < -0.3 is 11.1 Å². The predicted molar refractivity (Wildman–Crippen MR) is 49.4 cm³/mol. The van der Waals surface area contributed by atoms with Crippen LogP contribution in [0.2, 0.25) is 0 Å². The summed E-state index contributed by atoms with van der Waals surface area (Å²) in [7, 11) is 0. The first-order chi connectivity index (χ1) is 6.27. The SMILES string of the molecule is Nc1snnc1C(=O)NCC1CC1. The normalized spacial score (nSPS) is 15.7. The zero-order valence-corrected chi connectivity index (χ0v) is 7.80. The van der Waals surface area contributed by atoms with Crippen molar-refractivity contribution in [1.82, 2.24) is 14.9 Å². The summed E-state index contributed by atoms with van der Waals surface area (Å²) in [5, 5.41) is 6.80. The number of carbonyl (C=O) groups excluding carboxylic acids is 1. The van der Waals surface area contributed by atoms with Crippen molar-refractivity contribution < 1.29 is 4.79 Å². The van der Waals surface area contributed by atoms with E-state index in [1.54, 1.807) is 0 Å². The van der Waals surface area contributed by atoms with Gasteiger partial charge in [0.15, 0.2) is 5.69 Å². The third kappa shape index (κ3) is 1.95. The largest absolute Gasteiger partial charge is 0.387 e. The average Bonchev–Trinajstić information content (AvgIpc) is 2.84. The lowest BCUT2D eigenvalue weighted by molar-refractivity contribution is 0.0947. The molecule has 0 aromatic carbocycles. The molecule has 13 heavy (non-hydrogen) atoms. The molecule has 1 aliphatic rings. The minimum Gasteiger partial charge on any atom is -0.387 e. The van der Waals surface area contributed by atoms with Gasteiger partial charge in [0.1, 0.15) is 5.00 Å². The van der Waals surface area contributed by atoms with Crippen LogP contribution >= 0.6 is 11.5 Å². The topological polar surface area (TPSA) is 80.9 Å². The molecular formula is C7H10N4OS. The minimum absolute atomic E-state index is 0.210. The van der Waals surface area contributed by atoms with E-state index in [0.29, 0.717) is 10.9 Å². The van der Waals surface area contributed by atoms with Crippen molar-refractivity contribution in [2.45, 2.75) is 12.8 Å². The third-order valence-corrected chi connectivity index (χ3v) is 2.53. The molecule has 1 aromatic rings. The number of nitrogens with two attached hydrogens (primary N) is 1. The van der Waals surface area contributed by atoms with E-state index in [9.17, 15) is 4.79 Å². The molecule has 6 heteroatoms. The smallest absolute Gasteiger partial charge is 0.274 e. The minimum atomic E-state index is -0.210. The van der Waals surface area contributed by atoms with E-state index >= 15 is 0 Å². The maximum atomic E-state index is 11.4. The number of anilines is 1. The van der Waals surface area contributed by atoms with Gasteiger partial charge in [0.05, 0.1) is 0 Å². The van der Waals surface area contributed by atoms with Crippen LogP contribution in [0, 0.1) is 5.92 Å². The summed E-state index contributed by atoms with van der Waals surface area (Å²) in [6.07, 6.45) is 2.43. The second-order valence-corrected chi connectivity index (χ2v) is 3.92. The molecular weight excluding hydrogens is 188 g/mol. The second kappa shape index (κ2) is 3.29. The lowest BCUT2D eigenvalue weighted by atomic mass is 10.4. The van der Waals surface area contributed by atoms with Gasteiger partial charge in [-0.2, -0.15) is 0 Å². The summed E-state index contributed by atoms with van der Waals surface area (Å²) in [5.74, 6) is 0.454. The highest BCUT2D eigenvalue weighted by atomic mass is 32.1. The Hall–Kier alpha value is -1.17. The van der Waals surface area contributed by atoms with Crippen molar-refractivity contribution in [2.75, 3.05) is 12.3 Å². The quantitative estimate of drug-likeness (QED) is 0.730. The highest BCUT2D eigenvalue weighted by molar-refractivity contribution is 7.10. The van der Waals surface area contributed by atoms with Crippen LogP contribution in [0.3, 0.4) is 0 Å². The van der Waals surface area contributed by atoms with Gasteiger partial charge in [-0.25, -0.2) is 0 Å². The van der Waals surface area contributed by atoms with Crippen molar-refractivity contribution in [3.63, 3.8) is 0 Å². The summed E-state index contributed by atoms with van der Waals surface area (Å²) in [5.41, 5.74) is 5.75. The van der Waals surface area contributed by atoms with Crippen LogP contribution < -0.4 is 11.1 Å². The lowest BCUT2D eigenvalue weighted by Crippen LogP contribution is -2.26. The Morgan fingerprint density at radius 2 is 2.46 bits per heavy atom. The fourth-order valence-electron chi connectivity index (χ4n) is 0.998. The summed E-state index contributed by atoms with van der Waals surface area (Å²) < 4.78 is 3.59. The molecule has 1 aromatic heterocycles. The number of amides is 1. The Balaban J connectivity index is 1.92. The highest BCUT2D eigenvalue weighted by Gasteiger charge is 2.23. The number of nitrogens with one attached hydrogen (secondary N) is 1. The Morgan fingerprint density at radius 1 is 1.69 bits per heavy atom. The number of hydrogen-bond donors (Lipinski definition) is 2. The van der Waals surface area contributed by atoms with Crippen molar-refractivity contribution in [3.05, 3.63) is 5.69 Å². The molecule has 0 saturated heterocycles. The molecule has 0 atom stereocenters. The van der Waals surface area contributed by atoms with Gasteiger partial charge in [-0.05, 0) is 18.8 Å². The van der Waals surface area contributed by atoms with Crippen molar-refractivity contribution in [3.8, 4) is 0 Å². The third-order valence-electron chi connectivity index (χ3n) is 1.98. The first-order valence-corrected chi connectivity index (χ1v) is 4.90. The van der Waals surface area contributed by atoms with Crippen LogP contribution in [0.15, 0.2) is 0 Å². The van der Waals surface area contributed by atoms with Gasteiger partial charge in [-0.1, -0.05) is 4.49 Å². The van der Waals surface area contributed by atoms with Crippen LogP contribution in [0.25, 0.3) is 0 Å². The van der Waals surface area contributed by atoms with Crippen molar-refractivity contribution in [1.29, 1.82) is 0 Å². The van der Waals surface area contributed by atoms with Gasteiger partial charge in [0.2, 0.25) is 0 Å². The van der Waals surface area contributed by atoms with Gasteiger partial charge in [-0.15, -0.1) is 5.10 Å². The molecule has 1 fully saturated rings.